The minimum Gasteiger partial charge on any atom is -0.466 e. The van der Waals surface area contributed by atoms with Crippen LogP contribution in [0.4, 0.5) is 0 Å². The first-order chi connectivity index (χ1) is 10.5. The Morgan fingerprint density at radius 3 is 2.73 bits per heavy atom. The molecule has 0 radical (unpaired) electrons. The highest BCUT2D eigenvalue weighted by molar-refractivity contribution is 8.02. The second-order valence-electron chi connectivity index (χ2n) is 6.48. The number of nitrogens with one attached hydrogen (secondary N) is 1. The monoisotopic (exact) mass is 328 g/mol. The summed E-state index contributed by atoms with van der Waals surface area (Å²) in [4.78, 5) is 26.5. The van der Waals surface area contributed by atoms with E-state index in [1.54, 1.807) is 18.7 Å². The lowest BCUT2D eigenvalue weighted by Gasteiger charge is -2.41. The molecular weight excluding hydrogens is 300 g/mol. The summed E-state index contributed by atoms with van der Waals surface area (Å²) < 4.78 is 5.03. The summed E-state index contributed by atoms with van der Waals surface area (Å²) in [7, 11) is 0. The van der Waals surface area contributed by atoms with Gasteiger partial charge in [-0.1, -0.05) is 13.8 Å². The molecule has 1 atom stereocenters. The first-order valence-corrected chi connectivity index (χ1v) is 9.22. The molecule has 1 spiro atoms. The minimum atomic E-state index is -0.274. The summed E-state index contributed by atoms with van der Waals surface area (Å²) >= 11 is 1.69. The first kappa shape index (κ1) is 17.6. The van der Waals surface area contributed by atoms with E-state index in [2.05, 4.69) is 24.1 Å². The van der Waals surface area contributed by atoms with Gasteiger partial charge in [-0.05, 0) is 45.2 Å². The van der Waals surface area contributed by atoms with Crippen molar-refractivity contribution in [3.8, 4) is 0 Å². The van der Waals surface area contributed by atoms with Crippen molar-refractivity contribution in [1.29, 1.82) is 0 Å². The van der Waals surface area contributed by atoms with Crippen LogP contribution in [0.15, 0.2) is 0 Å². The van der Waals surface area contributed by atoms with E-state index >= 15 is 0 Å². The van der Waals surface area contributed by atoms with Crippen molar-refractivity contribution in [3.63, 3.8) is 0 Å². The first-order valence-electron chi connectivity index (χ1n) is 8.34. The van der Waals surface area contributed by atoms with Crippen LogP contribution in [-0.4, -0.2) is 53.1 Å². The van der Waals surface area contributed by atoms with Crippen molar-refractivity contribution in [2.75, 3.05) is 26.2 Å². The number of carbonyl (C=O) groups is 2. The number of hydrogen-bond acceptors (Lipinski definition) is 5. The Kier molecular flexibility index (Phi) is 6.15. The van der Waals surface area contributed by atoms with Crippen LogP contribution >= 0.6 is 11.8 Å². The van der Waals surface area contributed by atoms with Crippen molar-refractivity contribution >= 4 is 23.6 Å². The Morgan fingerprint density at radius 2 is 2.14 bits per heavy atom. The molecule has 2 heterocycles. The average molecular weight is 328 g/mol. The molecule has 2 saturated heterocycles. The molecule has 126 valence electrons. The van der Waals surface area contributed by atoms with Crippen LogP contribution < -0.4 is 5.32 Å². The Balaban J connectivity index is 2.09. The molecule has 2 fully saturated rings. The standard InChI is InChI=1S/C16H28N2O3S/c1-4-21-14(19)11-13-15(20)18(10-5-12(2)3)16(22-13)6-8-17-9-7-16/h12-13,17H,4-11H2,1-3H3. The molecule has 0 aromatic carbocycles. The number of carbonyl (C=O) groups excluding carboxylic acids is 2. The van der Waals surface area contributed by atoms with E-state index in [4.69, 9.17) is 4.74 Å². The third-order valence-electron chi connectivity index (χ3n) is 4.37. The van der Waals surface area contributed by atoms with Crippen LogP contribution in [0.2, 0.25) is 0 Å². The lowest BCUT2D eigenvalue weighted by Crippen LogP contribution is -2.51. The van der Waals surface area contributed by atoms with E-state index in [0.717, 1.165) is 38.9 Å². The van der Waals surface area contributed by atoms with Gasteiger partial charge in [-0.25, -0.2) is 0 Å². The number of ether oxygens (including phenoxy) is 1. The van der Waals surface area contributed by atoms with Crippen molar-refractivity contribution in [3.05, 3.63) is 0 Å². The molecule has 22 heavy (non-hydrogen) atoms. The van der Waals surface area contributed by atoms with Gasteiger partial charge in [0, 0.05) is 6.54 Å². The zero-order valence-corrected chi connectivity index (χ0v) is 14.7. The lowest BCUT2D eigenvalue weighted by atomic mass is 10.0. The number of esters is 1. The van der Waals surface area contributed by atoms with E-state index in [-0.39, 0.29) is 28.4 Å². The van der Waals surface area contributed by atoms with E-state index in [0.29, 0.717) is 12.5 Å². The number of piperidine rings is 1. The Hall–Kier alpha value is -0.750. The number of thioether (sulfide) groups is 1. The molecule has 0 saturated carbocycles. The van der Waals surface area contributed by atoms with Gasteiger partial charge in [0.25, 0.3) is 0 Å². The fourth-order valence-electron chi connectivity index (χ4n) is 3.16. The van der Waals surface area contributed by atoms with Crippen LogP contribution in [0.3, 0.4) is 0 Å². The van der Waals surface area contributed by atoms with Gasteiger partial charge in [0.2, 0.25) is 5.91 Å². The van der Waals surface area contributed by atoms with Crippen molar-refractivity contribution in [2.45, 2.75) is 56.6 Å². The molecule has 1 amide bonds. The fraction of sp³-hybridized carbons (Fsp3) is 0.875. The van der Waals surface area contributed by atoms with Crippen LogP contribution in [0.1, 0.15) is 46.5 Å². The Morgan fingerprint density at radius 1 is 1.45 bits per heavy atom. The Labute approximate surface area is 137 Å². The van der Waals surface area contributed by atoms with Gasteiger partial charge in [-0.2, -0.15) is 0 Å². The quantitative estimate of drug-likeness (QED) is 0.756. The van der Waals surface area contributed by atoms with Crippen LogP contribution in [0.5, 0.6) is 0 Å². The van der Waals surface area contributed by atoms with E-state index in [1.807, 2.05) is 0 Å². The summed E-state index contributed by atoms with van der Waals surface area (Å²) in [5.41, 5.74) is 0. The van der Waals surface area contributed by atoms with Crippen LogP contribution in [-0.2, 0) is 14.3 Å². The van der Waals surface area contributed by atoms with Crippen molar-refractivity contribution in [1.82, 2.24) is 10.2 Å². The zero-order valence-electron chi connectivity index (χ0n) is 13.9. The normalized spacial score (nSPS) is 24.3. The summed E-state index contributed by atoms with van der Waals surface area (Å²) in [6.07, 6.45) is 3.12. The molecular formula is C16H28N2O3S. The summed E-state index contributed by atoms with van der Waals surface area (Å²) in [6.45, 7) is 9.19. The fourth-order valence-corrected chi connectivity index (χ4v) is 4.89. The van der Waals surface area contributed by atoms with Gasteiger partial charge >= 0.3 is 5.97 Å². The van der Waals surface area contributed by atoms with Crippen molar-refractivity contribution < 1.29 is 14.3 Å². The summed E-state index contributed by atoms with van der Waals surface area (Å²) in [5.74, 6) is 0.435. The third kappa shape index (κ3) is 3.96. The van der Waals surface area contributed by atoms with Gasteiger partial charge in [-0.3, -0.25) is 9.59 Å². The highest BCUT2D eigenvalue weighted by Gasteiger charge is 2.51. The second-order valence-corrected chi connectivity index (χ2v) is 8.05. The third-order valence-corrected chi connectivity index (χ3v) is 6.09. The van der Waals surface area contributed by atoms with Gasteiger partial charge in [0.15, 0.2) is 0 Å². The molecule has 0 bridgehead atoms. The topological polar surface area (TPSA) is 58.6 Å². The zero-order chi connectivity index (χ0) is 16.2. The van der Waals surface area contributed by atoms with Gasteiger partial charge in [0.05, 0.1) is 23.1 Å². The number of rotatable bonds is 6. The average Bonchev–Trinajstić information content (AvgIpc) is 2.70. The minimum absolute atomic E-state index is 0.117. The van der Waals surface area contributed by atoms with Gasteiger partial charge in [0.1, 0.15) is 0 Å². The van der Waals surface area contributed by atoms with E-state index in [9.17, 15) is 9.59 Å². The van der Waals surface area contributed by atoms with Crippen LogP contribution in [0.25, 0.3) is 0 Å². The summed E-state index contributed by atoms with van der Waals surface area (Å²) in [6, 6.07) is 0. The van der Waals surface area contributed by atoms with Gasteiger partial charge < -0.3 is 15.0 Å². The molecule has 2 aliphatic heterocycles. The molecule has 0 aromatic rings. The maximum absolute atomic E-state index is 12.8. The van der Waals surface area contributed by atoms with E-state index in [1.165, 1.54) is 0 Å². The SMILES string of the molecule is CCOC(=O)CC1SC2(CCNCC2)N(CCC(C)C)C1=O. The molecule has 2 aliphatic rings. The number of hydrogen-bond donors (Lipinski definition) is 1. The highest BCUT2D eigenvalue weighted by Crippen LogP contribution is 2.48. The van der Waals surface area contributed by atoms with E-state index < -0.39 is 0 Å². The maximum Gasteiger partial charge on any atom is 0.307 e. The number of amides is 1. The number of nitrogens with zero attached hydrogens (tertiary/aromatic N) is 1. The lowest BCUT2D eigenvalue weighted by molar-refractivity contribution is -0.145. The van der Waals surface area contributed by atoms with Crippen LogP contribution in [0, 0.1) is 5.92 Å². The molecule has 0 aromatic heterocycles. The molecule has 1 N–H and O–H groups in total. The highest BCUT2D eigenvalue weighted by atomic mass is 32.2. The maximum atomic E-state index is 12.8. The molecule has 2 rings (SSSR count). The molecule has 0 aliphatic carbocycles. The predicted octanol–water partition coefficient (Wildman–Crippen LogP) is 2.01. The Bertz CT molecular complexity index is 408. The van der Waals surface area contributed by atoms with Crippen molar-refractivity contribution in [2.24, 2.45) is 5.92 Å². The second kappa shape index (κ2) is 7.68. The largest absolute Gasteiger partial charge is 0.466 e. The molecule has 1 unspecified atom stereocenters. The smallest absolute Gasteiger partial charge is 0.307 e. The summed E-state index contributed by atoms with van der Waals surface area (Å²) in [5, 5.41) is 3.10. The predicted molar refractivity (Wildman–Crippen MR) is 88.6 cm³/mol. The van der Waals surface area contributed by atoms with Gasteiger partial charge in [-0.15, -0.1) is 11.8 Å². The molecule has 6 heteroatoms. The molecule has 5 nitrogen and oxygen atoms in total.